The summed E-state index contributed by atoms with van der Waals surface area (Å²) in [4.78, 5) is 0. The molecule has 0 fully saturated rings. The van der Waals surface area contributed by atoms with Crippen LogP contribution in [0.5, 0.6) is 11.5 Å². The molecule has 2 aromatic carbocycles. The Morgan fingerprint density at radius 3 is 2.52 bits per heavy atom. The molecule has 3 heteroatoms. The fourth-order valence-electron chi connectivity index (χ4n) is 3.78. The first kappa shape index (κ1) is 17.6. The monoisotopic (exact) mass is 338 g/mol. The van der Waals surface area contributed by atoms with Crippen LogP contribution in [-0.4, -0.2) is 21.9 Å². The van der Waals surface area contributed by atoms with Crippen LogP contribution in [0.25, 0.3) is 11.1 Å². The minimum atomic E-state index is 0.223. The molecule has 3 nitrogen and oxygen atoms in total. The van der Waals surface area contributed by atoms with E-state index in [0.29, 0.717) is 5.75 Å². The van der Waals surface area contributed by atoms with Crippen LogP contribution in [0.4, 0.5) is 0 Å². The molecule has 3 rings (SSSR count). The Balaban J connectivity index is 2.08. The number of aryl methyl sites for hydroxylation is 1. The summed E-state index contributed by atoms with van der Waals surface area (Å²) in [7, 11) is 0. The number of fused-ring (bicyclic) bond motifs is 1. The lowest BCUT2D eigenvalue weighted by Crippen LogP contribution is -1.96. The van der Waals surface area contributed by atoms with Gasteiger partial charge in [0.1, 0.15) is 11.5 Å². The topological polar surface area (TPSA) is 60.7 Å². The average Bonchev–Trinajstić information content (AvgIpc) is 2.79. The highest BCUT2D eigenvalue weighted by molar-refractivity contribution is 5.94. The molecule has 0 aromatic heterocycles. The standard InChI is InChI=1S/C22H26O3/c23-14-3-1-2-11-20-19(17-9-4-10-18(24)15-17)12-5-7-16-8-6-13-21(25)22(16)20/h4,6,8-10,13,15,23-25H,1-3,5,7,11-12,14H2. The lowest BCUT2D eigenvalue weighted by Gasteiger charge is -2.17. The Hall–Kier alpha value is -2.26. The van der Waals surface area contributed by atoms with E-state index in [1.807, 2.05) is 24.3 Å². The summed E-state index contributed by atoms with van der Waals surface area (Å²) in [5, 5.41) is 29.5. The largest absolute Gasteiger partial charge is 0.508 e. The summed E-state index contributed by atoms with van der Waals surface area (Å²) in [6.07, 6.45) is 6.54. The number of aromatic hydroxyl groups is 2. The highest BCUT2D eigenvalue weighted by Crippen LogP contribution is 2.42. The van der Waals surface area contributed by atoms with E-state index in [2.05, 4.69) is 6.07 Å². The molecule has 0 atom stereocenters. The predicted octanol–water partition coefficient (Wildman–Crippen LogP) is 4.90. The predicted molar refractivity (Wildman–Crippen MR) is 102 cm³/mol. The second-order valence-corrected chi connectivity index (χ2v) is 6.71. The molecule has 0 aliphatic heterocycles. The molecule has 0 bridgehead atoms. The van der Waals surface area contributed by atoms with Gasteiger partial charge in [-0.25, -0.2) is 0 Å². The minimum Gasteiger partial charge on any atom is -0.508 e. The molecule has 0 unspecified atom stereocenters. The van der Waals surface area contributed by atoms with Crippen molar-refractivity contribution in [1.82, 2.24) is 0 Å². The zero-order valence-corrected chi connectivity index (χ0v) is 14.5. The Morgan fingerprint density at radius 1 is 0.880 bits per heavy atom. The van der Waals surface area contributed by atoms with E-state index in [9.17, 15) is 10.2 Å². The zero-order chi connectivity index (χ0) is 17.6. The summed E-state index contributed by atoms with van der Waals surface area (Å²) in [5.41, 5.74) is 5.62. The SMILES string of the molecule is OCCCCCC1=C(c2cccc(O)c2)CCCc2cccc(O)c21. The highest BCUT2D eigenvalue weighted by Gasteiger charge is 2.21. The van der Waals surface area contributed by atoms with E-state index >= 15 is 0 Å². The summed E-state index contributed by atoms with van der Waals surface area (Å²) >= 11 is 0. The van der Waals surface area contributed by atoms with Crippen LogP contribution in [0.1, 0.15) is 55.2 Å². The number of allylic oxidation sites excluding steroid dienone is 2. The average molecular weight is 338 g/mol. The van der Waals surface area contributed by atoms with E-state index in [-0.39, 0.29) is 12.4 Å². The highest BCUT2D eigenvalue weighted by atomic mass is 16.3. The normalized spacial score (nSPS) is 14.3. The molecule has 0 radical (unpaired) electrons. The van der Waals surface area contributed by atoms with Gasteiger partial charge in [0, 0.05) is 12.2 Å². The third-order valence-electron chi connectivity index (χ3n) is 4.95. The van der Waals surface area contributed by atoms with Gasteiger partial charge in [-0.1, -0.05) is 30.7 Å². The van der Waals surface area contributed by atoms with Crippen LogP contribution in [0.3, 0.4) is 0 Å². The molecule has 0 heterocycles. The van der Waals surface area contributed by atoms with Gasteiger partial charge in [-0.05, 0) is 79.0 Å². The first-order chi connectivity index (χ1) is 12.2. The van der Waals surface area contributed by atoms with Gasteiger partial charge in [-0.3, -0.25) is 0 Å². The quantitative estimate of drug-likeness (QED) is 0.657. The lowest BCUT2D eigenvalue weighted by molar-refractivity contribution is 0.283. The van der Waals surface area contributed by atoms with Crippen molar-refractivity contribution in [3.05, 3.63) is 59.2 Å². The van der Waals surface area contributed by atoms with E-state index in [4.69, 9.17) is 5.11 Å². The van der Waals surface area contributed by atoms with Gasteiger partial charge in [-0.15, -0.1) is 0 Å². The molecule has 1 aliphatic rings. The fraction of sp³-hybridized carbons (Fsp3) is 0.364. The first-order valence-corrected chi connectivity index (χ1v) is 9.14. The molecule has 3 N–H and O–H groups in total. The molecule has 0 saturated carbocycles. The van der Waals surface area contributed by atoms with Crippen LogP contribution < -0.4 is 0 Å². The maximum Gasteiger partial charge on any atom is 0.123 e. The Morgan fingerprint density at radius 2 is 1.72 bits per heavy atom. The first-order valence-electron chi connectivity index (χ1n) is 9.14. The number of phenolic OH excluding ortho intramolecular Hbond substituents is 2. The van der Waals surface area contributed by atoms with Gasteiger partial charge < -0.3 is 15.3 Å². The van der Waals surface area contributed by atoms with Crippen molar-refractivity contribution in [1.29, 1.82) is 0 Å². The van der Waals surface area contributed by atoms with Gasteiger partial charge in [-0.2, -0.15) is 0 Å². The van der Waals surface area contributed by atoms with E-state index in [1.54, 1.807) is 12.1 Å². The van der Waals surface area contributed by atoms with Crippen molar-refractivity contribution < 1.29 is 15.3 Å². The van der Waals surface area contributed by atoms with Crippen molar-refractivity contribution in [2.75, 3.05) is 6.61 Å². The molecule has 132 valence electrons. The molecular formula is C22H26O3. The number of rotatable bonds is 6. The van der Waals surface area contributed by atoms with Crippen LogP contribution in [0.15, 0.2) is 42.5 Å². The minimum absolute atomic E-state index is 0.223. The van der Waals surface area contributed by atoms with Crippen LogP contribution in [0.2, 0.25) is 0 Å². The summed E-state index contributed by atoms with van der Waals surface area (Å²) in [6, 6.07) is 13.2. The number of unbranched alkanes of at least 4 members (excludes halogenated alkanes) is 2. The van der Waals surface area contributed by atoms with Crippen molar-refractivity contribution >= 4 is 11.1 Å². The number of aliphatic hydroxyl groups is 1. The maximum absolute atomic E-state index is 10.6. The van der Waals surface area contributed by atoms with E-state index in [1.165, 1.54) is 16.7 Å². The molecule has 25 heavy (non-hydrogen) atoms. The van der Waals surface area contributed by atoms with Crippen LogP contribution >= 0.6 is 0 Å². The Labute approximate surface area is 149 Å². The van der Waals surface area contributed by atoms with Gasteiger partial charge in [0.15, 0.2) is 0 Å². The van der Waals surface area contributed by atoms with Crippen molar-refractivity contribution in [2.24, 2.45) is 0 Å². The fourth-order valence-corrected chi connectivity index (χ4v) is 3.78. The van der Waals surface area contributed by atoms with Gasteiger partial charge in [0.2, 0.25) is 0 Å². The van der Waals surface area contributed by atoms with Crippen molar-refractivity contribution in [3.63, 3.8) is 0 Å². The van der Waals surface area contributed by atoms with Gasteiger partial charge in [0.25, 0.3) is 0 Å². The third kappa shape index (κ3) is 4.05. The van der Waals surface area contributed by atoms with E-state index < -0.39 is 0 Å². The Bertz CT molecular complexity index is 762. The number of benzene rings is 2. The van der Waals surface area contributed by atoms with Crippen molar-refractivity contribution in [2.45, 2.75) is 44.9 Å². The number of aliphatic hydroxyl groups excluding tert-OH is 1. The number of hydrogen-bond donors (Lipinski definition) is 3. The van der Waals surface area contributed by atoms with E-state index in [0.717, 1.165) is 56.1 Å². The second kappa shape index (κ2) is 8.21. The molecule has 0 saturated heterocycles. The number of hydrogen-bond acceptors (Lipinski definition) is 3. The van der Waals surface area contributed by atoms with Gasteiger partial charge in [0.05, 0.1) is 0 Å². The summed E-state index contributed by atoms with van der Waals surface area (Å²) < 4.78 is 0. The lowest BCUT2D eigenvalue weighted by atomic mass is 9.88. The molecule has 1 aliphatic carbocycles. The van der Waals surface area contributed by atoms with Gasteiger partial charge >= 0.3 is 0 Å². The Kier molecular flexibility index (Phi) is 5.77. The second-order valence-electron chi connectivity index (χ2n) is 6.71. The molecule has 0 amide bonds. The molecule has 2 aromatic rings. The van der Waals surface area contributed by atoms with Crippen LogP contribution in [-0.2, 0) is 6.42 Å². The summed E-state index contributed by atoms with van der Waals surface area (Å²) in [6.45, 7) is 0.223. The smallest absolute Gasteiger partial charge is 0.123 e. The summed E-state index contributed by atoms with van der Waals surface area (Å²) in [5.74, 6) is 0.612. The molecule has 0 spiro atoms. The van der Waals surface area contributed by atoms with Crippen molar-refractivity contribution in [3.8, 4) is 11.5 Å². The van der Waals surface area contributed by atoms with Crippen LogP contribution in [0, 0.1) is 0 Å². The maximum atomic E-state index is 10.6. The third-order valence-corrected chi connectivity index (χ3v) is 4.95. The molecular weight excluding hydrogens is 312 g/mol. The number of phenols is 2. The zero-order valence-electron chi connectivity index (χ0n) is 14.5.